The van der Waals surface area contributed by atoms with E-state index < -0.39 is 11.8 Å². The molecule has 0 unspecified atom stereocenters. The van der Waals surface area contributed by atoms with Crippen LogP contribution in [0.1, 0.15) is 19.8 Å². The van der Waals surface area contributed by atoms with Crippen LogP contribution < -0.4 is 0 Å². The molecule has 0 aromatic carbocycles. The number of esters is 1. The Hall–Kier alpha value is -0.860. The van der Waals surface area contributed by atoms with Gasteiger partial charge in [-0.2, -0.15) is 0 Å². The SMILES string of the molecule is CC(=O)C(=O)OC1CC1. The number of hydrogen-bond donors (Lipinski definition) is 0. The van der Waals surface area contributed by atoms with E-state index in [2.05, 4.69) is 4.74 Å². The van der Waals surface area contributed by atoms with Crippen LogP contribution in [0.2, 0.25) is 0 Å². The highest BCUT2D eigenvalue weighted by Gasteiger charge is 2.27. The molecular weight excluding hydrogens is 120 g/mol. The van der Waals surface area contributed by atoms with Crippen LogP contribution in [0, 0.1) is 0 Å². The number of Topliss-reactive ketones (excluding diaryl/α,β-unsaturated/α-hetero) is 1. The second-order valence-corrected chi connectivity index (χ2v) is 2.16. The van der Waals surface area contributed by atoms with Crippen LogP contribution in [0.3, 0.4) is 0 Å². The lowest BCUT2D eigenvalue weighted by molar-refractivity contribution is -0.153. The molecule has 0 atom stereocenters. The maximum atomic E-state index is 10.4. The standard InChI is InChI=1S/C6H8O3/c1-4(7)6(8)9-5-2-3-5/h5H,2-3H2,1H3. The topological polar surface area (TPSA) is 43.4 Å². The van der Waals surface area contributed by atoms with Crippen LogP contribution in [0.5, 0.6) is 0 Å². The van der Waals surface area contributed by atoms with E-state index in [1.165, 1.54) is 6.92 Å². The molecule has 0 N–H and O–H groups in total. The average Bonchev–Trinajstić information content (AvgIpc) is 2.50. The van der Waals surface area contributed by atoms with Crippen molar-refractivity contribution in [2.45, 2.75) is 25.9 Å². The van der Waals surface area contributed by atoms with Gasteiger partial charge >= 0.3 is 5.97 Å². The van der Waals surface area contributed by atoms with Crippen LogP contribution in [-0.2, 0) is 14.3 Å². The summed E-state index contributed by atoms with van der Waals surface area (Å²) in [7, 11) is 0. The summed E-state index contributed by atoms with van der Waals surface area (Å²) in [5.41, 5.74) is 0. The number of rotatable bonds is 2. The highest BCUT2D eigenvalue weighted by molar-refractivity contribution is 6.32. The van der Waals surface area contributed by atoms with Crippen LogP contribution in [0.25, 0.3) is 0 Å². The minimum atomic E-state index is -0.697. The van der Waals surface area contributed by atoms with Gasteiger partial charge in [-0.1, -0.05) is 0 Å². The third-order valence-electron chi connectivity index (χ3n) is 1.09. The zero-order chi connectivity index (χ0) is 6.85. The van der Waals surface area contributed by atoms with Gasteiger partial charge in [0.1, 0.15) is 6.10 Å². The quantitative estimate of drug-likeness (QED) is 0.396. The first-order valence-corrected chi connectivity index (χ1v) is 2.91. The number of ether oxygens (including phenoxy) is 1. The molecule has 0 radical (unpaired) electrons. The van der Waals surface area contributed by atoms with E-state index in [9.17, 15) is 9.59 Å². The molecule has 0 aromatic heterocycles. The highest BCUT2D eigenvalue weighted by Crippen LogP contribution is 2.23. The summed E-state index contributed by atoms with van der Waals surface area (Å²) < 4.78 is 4.63. The lowest BCUT2D eigenvalue weighted by Gasteiger charge is -1.95. The summed E-state index contributed by atoms with van der Waals surface area (Å²) in [4.78, 5) is 20.7. The fourth-order valence-corrected chi connectivity index (χ4v) is 0.420. The Bertz CT molecular complexity index is 146. The van der Waals surface area contributed by atoms with E-state index in [-0.39, 0.29) is 6.10 Å². The molecular formula is C6H8O3. The van der Waals surface area contributed by atoms with Crippen molar-refractivity contribution in [3.8, 4) is 0 Å². The summed E-state index contributed by atoms with van der Waals surface area (Å²) in [5, 5.41) is 0. The minimum Gasteiger partial charge on any atom is -0.457 e. The van der Waals surface area contributed by atoms with E-state index >= 15 is 0 Å². The van der Waals surface area contributed by atoms with Gasteiger partial charge < -0.3 is 4.74 Å². The molecule has 1 fully saturated rings. The second-order valence-electron chi connectivity index (χ2n) is 2.16. The van der Waals surface area contributed by atoms with E-state index in [0.29, 0.717) is 0 Å². The first-order chi connectivity index (χ1) is 4.20. The number of carbonyl (C=O) groups is 2. The molecule has 3 nitrogen and oxygen atoms in total. The van der Waals surface area contributed by atoms with E-state index in [0.717, 1.165) is 12.8 Å². The van der Waals surface area contributed by atoms with Gasteiger partial charge in [-0.3, -0.25) is 4.79 Å². The lowest BCUT2D eigenvalue weighted by atomic mass is 10.5. The predicted octanol–water partition coefficient (Wildman–Crippen LogP) is 0.281. The third kappa shape index (κ3) is 1.83. The highest BCUT2D eigenvalue weighted by atomic mass is 16.6. The summed E-state index contributed by atoms with van der Waals surface area (Å²) in [5.74, 6) is -1.21. The largest absolute Gasteiger partial charge is 0.457 e. The molecule has 0 amide bonds. The van der Waals surface area contributed by atoms with Crippen LogP contribution in [0.4, 0.5) is 0 Å². The lowest BCUT2D eigenvalue weighted by Crippen LogP contribution is -2.14. The van der Waals surface area contributed by atoms with Crippen molar-refractivity contribution < 1.29 is 14.3 Å². The minimum absolute atomic E-state index is 0.0430. The molecule has 0 heterocycles. The van der Waals surface area contributed by atoms with Gasteiger partial charge in [0.15, 0.2) is 0 Å². The molecule has 0 bridgehead atoms. The maximum Gasteiger partial charge on any atom is 0.374 e. The molecule has 9 heavy (non-hydrogen) atoms. The molecule has 0 spiro atoms. The van der Waals surface area contributed by atoms with Crippen molar-refractivity contribution >= 4 is 11.8 Å². The van der Waals surface area contributed by atoms with Crippen molar-refractivity contribution in [1.29, 1.82) is 0 Å². The first kappa shape index (κ1) is 6.26. The van der Waals surface area contributed by atoms with E-state index in [1.54, 1.807) is 0 Å². The number of hydrogen-bond acceptors (Lipinski definition) is 3. The first-order valence-electron chi connectivity index (χ1n) is 2.91. The molecule has 0 aromatic rings. The van der Waals surface area contributed by atoms with Gasteiger partial charge in [0.2, 0.25) is 5.78 Å². The molecule has 50 valence electrons. The van der Waals surface area contributed by atoms with Gasteiger partial charge in [0.25, 0.3) is 0 Å². The molecule has 1 aliphatic rings. The van der Waals surface area contributed by atoms with Gasteiger partial charge in [-0.25, -0.2) is 4.79 Å². The summed E-state index contributed by atoms with van der Waals surface area (Å²) >= 11 is 0. The van der Waals surface area contributed by atoms with Crippen molar-refractivity contribution in [3.05, 3.63) is 0 Å². The molecule has 0 aliphatic heterocycles. The zero-order valence-electron chi connectivity index (χ0n) is 5.22. The Morgan fingerprint density at radius 3 is 2.33 bits per heavy atom. The molecule has 1 aliphatic carbocycles. The predicted molar refractivity (Wildman–Crippen MR) is 29.8 cm³/mol. The van der Waals surface area contributed by atoms with E-state index in [4.69, 9.17) is 0 Å². The zero-order valence-corrected chi connectivity index (χ0v) is 5.22. The van der Waals surface area contributed by atoms with Crippen molar-refractivity contribution in [3.63, 3.8) is 0 Å². The monoisotopic (exact) mass is 128 g/mol. The maximum absolute atomic E-state index is 10.4. The van der Waals surface area contributed by atoms with Crippen molar-refractivity contribution in [1.82, 2.24) is 0 Å². The average molecular weight is 128 g/mol. The molecule has 3 heteroatoms. The Kier molecular flexibility index (Phi) is 1.51. The van der Waals surface area contributed by atoms with Gasteiger partial charge in [-0.15, -0.1) is 0 Å². The Labute approximate surface area is 53.0 Å². The summed E-state index contributed by atoms with van der Waals surface area (Å²) in [6.07, 6.45) is 1.87. The third-order valence-corrected chi connectivity index (χ3v) is 1.09. The van der Waals surface area contributed by atoms with Crippen LogP contribution in [-0.4, -0.2) is 17.9 Å². The van der Waals surface area contributed by atoms with Gasteiger partial charge in [-0.05, 0) is 12.8 Å². The van der Waals surface area contributed by atoms with Crippen molar-refractivity contribution in [2.75, 3.05) is 0 Å². The summed E-state index contributed by atoms with van der Waals surface area (Å²) in [6.45, 7) is 1.21. The normalized spacial score (nSPS) is 17.0. The van der Waals surface area contributed by atoms with Crippen molar-refractivity contribution in [2.24, 2.45) is 0 Å². The summed E-state index contributed by atoms with van der Waals surface area (Å²) in [6, 6.07) is 0. The smallest absolute Gasteiger partial charge is 0.374 e. The number of carbonyl (C=O) groups excluding carboxylic acids is 2. The Morgan fingerprint density at radius 1 is 1.44 bits per heavy atom. The molecule has 1 saturated carbocycles. The number of ketones is 1. The second kappa shape index (κ2) is 2.17. The Balaban J connectivity index is 2.25. The molecule has 0 saturated heterocycles. The molecule has 1 rings (SSSR count). The fraction of sp³-hybridized carbons (Fsp3) is 0.667. The fourth-order valence-electron chi connectivity index (χ4n) is 0.420. The van der Waals surface area contributed by atoms with E-state index in [1.807, 2.05) is 0 Å². The van der Waals surface area contributed by atoms with Crippen LogP contribution in [0.15, 0.2) is 0 Å². The Morgan fingerprint density at radius 2 is 2.00 bits per heavy atom. The van der Waals surface area contributed by atoms with Gasteiger partial charge in [0.05, 0.1) is 0 Å². The van der Waals surface area contributed by atoms with Crippen LogP contribution >= 0.6 is 0 Å². The van der Waals surface area contributed by atoms with Gasteiger partial charge in [0, 0.05) is 6.92 Å².